The molecule has 2 rings (SSSR count). The number of benzene rings is 2. The first-order valence-corrected chi connectivity index (χ1v) is 7.79. The molecule has 0 aliphatic rings. The summed E-state index contributed by atoms with van der Waals surface area (Å²) in [6.45, 7) is 0. The Morgan fingerprint density at radius 1 is 1.26 bits per heavy atom. The minimum absolute atomic E-state index is 0.303. The average molecular weight is 455 g/mol. The lowest BCUT2D eigenvalue weighted by atomic mass is 10.0. The predicted octanol–water partition coefficient (Wildman–Crippen LogP) is 5.12. The summed E-state index contributed by atoms with van der Waals surface area (Å²) in [6.07, 6.45) is -0.270. The zero-order valence-electron chi connectivity index (χ0n) is 9.71. The Kier molecular flexibility index (Phi) is 5.22. The maximum atomic E-state index is 13.0. The molecule has 0 aliphatic carbocycles. The van der Waals surface area contributed by atoms with Crippen molar-refractivity contribution in [3.05, 3.63) is 66.4 Å². The molecule has 0 aromatic heterocycles. The number of hydrogen-bond acceptors (Lipinski definition) is 1. The molecule has 0 fully saturated rings. The number of aliphatic hydroxyl groups is 1. The second-order valence-corrected chi connectivity index (χ2v) is 6.55. The van der Waals surface area contributed by atoms with Crippen molar-refractivity contribution in [1.82, 2.24) is 0 Å². The van der Waals surface area contributed by atoms with Crippen LogP contribution in [-0.4, -0.2) is 5.11 Å². The van der Waals surface area contributed by atoms with Gasteiger partial charge in [-0.25, -0.2) is 4.39 Å². The van der Waals surface area contributed by atoms with Crippen molar-refractivity contribution < 1.29 is 9.50 Å². The minimum atomic E-state index is -0.670. The van der Waals surface area contributed by atoms with E-state index in [1.165, 1.54) is 12.1 Å². The molecule has 1 unspecified atom stereocenters. The predicted molar refractivity (Wildman–Crippen MR) is 86.9 cm³/mol. The van der Waals surface area contributed by atoms with E-state index in [1.54, 1.807) is 12.1 Å². The molecule has 0 aliphatic heterocycles. The topological polar surface area (TPSA) is 20.2 Å². The summed E-state index contributed by atoms with van der Waals surface area (Å²) in [4.78, 5) is 0. The van der Waals surface area contributed by atoms with Gasteiger partial charge in [0.05, 0.1) is 11.1 Å². The Morgan fingerprint density at radius 2 is 2.00 bits per heavy atom. The van der Waals surface area contributed by atoms with E-state index in [2.05, 4.69) is 38.5 Å². The Hall–Kier alpha value is -0.170. The van der Waals surface area contributed by atoms with Gasteiger partial charge in [0, 0.05) is 14.5 Å². The summed E-state index contributed by atoms with van der Waals surface area (Å²) in [5.41, 5.74) is 1.60. The molecule has 0 radical (unpaired) electrons. The van der Waals surface area contributed by atoms with Crippen molar-refractivity contribution in [3.8, 4) is 0 Å². The molecule has 0 amide bonds. The summed E-state index contributed by atoms with van der Waals surface area (Å²) in [5, 5.41) is 10.8. The Labute approximate surface area is 138 Å². The maximum Gasteiger partial charge on any atom is 0.124 e. The summed E-state index contributed by atoms with van der Waals surface area (Å²) >= 11 is 11.5. The normalized spacial score (nSPS) is 12.5. The van der Waals surface area contributed by atoms with Crippen molar-refractivity contribution in [2.45, 2.75) is 12.5 Å². The first kappa shape index (κ1) is 15.2. The second-order valence-electron chi connectivity index (χ2n) is 4.13. The highest BCUT2D eigenvalue weighted by Gasteiger charge is 2.12. The first-order chi connectivity index (χ1) is 8.97. The maximum absolute atomic E-state index is 13.0. The van der Waals surface area contributed by atoms with Crippen LogP contribution in [0.1, 0.15) is 17.2 Å². The average Bonchev–Trinajstić information content (AvgIpc) is 2.36. The number of aliphatic hydroxyl groups excluding tert-OH is 1. The third-order valence-corrected chi connectivity index (χ3v) is 5.07. The quantitative estimate of drug-likeness (QED) is 0.637. The molecular formula is C14H10BrClFIO. The molecule has 1 N–H and O–H groups in total. The van der Waals surface area contributed by atoms with E-state index >= 15 is 0 Å². The monoisotopic (exact) mass is 454 g/mol. The van der Waals surface area contributed by atoms with Crippen molar-refractivity contribution in [2.75, 3.05) is 0 Å². The lowest BCUT2D eigenvalue weighted by Crippen LogP contribution is -2.03. The third kappa shape index (κ3) is 3.90. The van der Waals surface area contributed by atoms with E-state index in [1.807, 2.05) is 12.1 Å². The number of hydrogen-bond donors (Lipinski definition) is 1. The van der Waals surface area contributed by atoms with Gasteiger partial charge in [0.1, 0.15) is 5.82 Å². The van der Waals surface area contributed by atoms with Gasteiger partial charge in [-0.2, -0.15) is 0 Å². The molecule has 2 aromatic rings. The molecule has 1 atom stereocenters. The molecule has 5 heteroatoms. The van der Waals surface area contributed by atoms with E-state index in [4.69, 9.17) is 11.6 Å². The molecule has 0 heterocycles. The number of rotatable bonds is 3. The van der Waals surface area contributed by atoms with Crippen LogP contribution in [0.4, 0.5) is 4.39 Å². The summed E-state index contributed by atoms with van der Waals surface area (Å²) in [7, 11) is 0. The SMILES string of the molecule is OC(Cc1ccc(F)cc1Br)c1ccc(I)c(Cl)c1. The van der Waals surface area contributed by atoms with Crippen molar-refractivity contribution in [2.24, 2.45) is 0 Å². The van der Waals surface area contributed by atoms with E-state index in [-0.39, 0.29) is 5.82 Å². The van der Waals surface area contributed by atoms with Gasteiger partial charge in [-0.3, -0.25) is 0 Å². The smallest absolute Gasteiger partial charge is 0.124 e. The second kappa shape index (κ2) is 6.52. The van der Waals surface area contributed by atoms with Crippen LogP contribution in [-0.2, 0) is 6.42 Å². The van der Waals surface area contributed by atoms with E-state index < -0.39 is 6.10 Å². The van der Waals surface area contributed by atoms with Crippen LogP contribution >= 0.6 is 50.1 Å². The van der Waals surface area contributed by atoms with Crippen LogP contribution in [0.2, 0.25) is 5.02 Å². The lowest BCUT2D eigenvalue weighted by Gasteiger charge is -2.13. The fourth-order valence-corrected chi connectivity index (χ4v) is 2.77. The van der Waals surface area contributed by atoms with Crippen LogP contribution in [0, 0.1) is 9.39 Å². The zero-order chi connectivity index (χ0) is 14.0. The van der Waals surface area contributed by atoms with Crippen LogP contribution in [0.25, 0.3) is 0 Å². The van der Waals surface area contributed by atoms with Gasteiger partial charge in [0.2, 0.25) is 0 Å². The van der Waals surface area contributed by atoms with Crippen LogP contribution in [0.5, 0.6) is 0 Å². The highest BCUT2D eigenvalue weighted by Crippen LogP contribution is 2.27. The first-order valence-electron chi connectivity index (χ1n) is 5.54. The van der Waals surface area contributed by atoms with Gasteiger partial charge in [0.25, 0.3) is 0 Å². The van der Waals surface area contributed by atoms with E-state index in [0.717, 1.165) is 14.7 Å². The Balaban J connectivity index is 2.20. The highest BCUT2D eigenvalue weighted by molar-refractivity contribution is 14.1. The molecule has 0 saturated heterocycles. The van der Waals surface area contributed by atoms with Gasteiger partial charge in [-0.15, -0.1) is 0 Å². The zero-order valence-corrected chi connectivity index (χ0v) is 14.2. The fourth-order valence-electron chi connectivity index (χ4n) is 1.73. The molecular weight excluding hydrogens is 445 g/mol. The van der Waals surface area contributed by atoms with Crippen LogP contribution < -0.4 is 0 Å². The Morgan fingerprint density at radius 3 is 2.63 bits per heavy atom. The largest absolute Gasteiger partial charge is 0.388 e. The summed E-state index contributed by atoms with van der Waals surface area (Å²) in [5.74, 6) is -0.303. The molecule has 100 valence electrons. The molecule has 2 aromatic carbocycles. The third-order valence-electron chi connectivity index (χ3n) is 2.76. The Bertz CT molecular complexity index is 606. The van der Waals surface area contributed by atoms with Gasteiger partial charge in [-0.1, -0.05) is 39.7 Å². The fraction of sp³-hybridized carbons (Fsp3) is 0.143. The van der Waals surface area contributed by atoms with Crippen molar-refractivity contribution in [3.63, 3.8) is 0 Å². The standard InChI is InChI=1S/C14H10BrClFIO/c15-11-7-10(17)3-1-8(11)6-14(19)9-2-4-13(18)12(16)5-9/h1-5,7,14,19H,6H2. The van der Waals surface area contributed by atoms with Gasteiger partial charge in [0.15, 0.2) is 0 Å². The van der Waals surface area contributed by atoms with Crippen molar-refractivity contribution >= 4 is 50.1 Å². The summed E-state index contributed by atoms with van der Waals surface area (Å²) < 4.78 is 14.6. The van der Waals surface area contributed by atoms with E-state index in [0.29, 0.717) is 15.9 Å². The molecule has 0 bridgehead atoms. The molecule has 1 nitrogen and oxygen atoms in total. The molecule has 0 saturated carbocycles. The van der Waals surface area contributed by atoms with Gasteiger partial charge in [-0.05, 0) is 58.0 Å². The van der Waals surface area contributed by atoms with Crippen molar-refractivity contribution in [1.29, 1.82) is 0 Å². The molecule has 19 heavy (non-hydrogen) atoms. The van der Waals surface area contributed by atoms with Crippen LogP contribution in [0.3, 0.4) is 0 Å². The van der Waals surface area contributed by atoms with E-state index in [9.17, 15) is 9.50 Å². The lowest BCUT2D eigenvalue weighted by molar-refractivity contribution is 0.178. The highest BCUT2D eigenvalue weighted by atomic mass is 127. The number of halogens is 4. The van der Waals surface area contributed by atoms with Gasteiger partial charge < -0.3 is 5.11 Å². The van der Waals surface area contributed by atoms with Gasteiger partial charge >= 0.3 is 0 Å². The minimum Gasteiger partial charge on any atom is -0.388 e. The molecule has 0 spiro atoms. The van der Waals surface area contributed by atoms with Crippen LogP contribution in [0.15, 0.2) is 40.9 Å². The summed E-state index contributed by atoms with van der Waals surface area (Å²) in [6, 6.07) is 9.90.